The number of hydrogen-bond donors (Lipinski definition) is 4. The number of alkyl halides is 3. The molecule has 0 saturated carbocycles. The van der Waals surface area contributed by atoms with E-state index in [1.165, 1.54) is 12.1 Å². The van der Waals surface area contributed by atoms with Crippen LogP contribution < -0.4 is 22.1 Å². The van der Waals surface area contributed by atoms with Crippen LogP contribution in [0.4, 0.5) is 17.6 Å². The predicted molar refractivity (Wildman–Crippen MR) is 119 cm³/mol. The largest absolute Gasteiger partial charge is 0.416 e. The Balaban J connectivity index is 1.69. The lowest BCUT2D eigenvalue weighted by Gasteiger charge is -2.24. The van der Waals surface area contributed by atoms with Crippen molar-refractivity contribution in [2.24, 2.45) is 16.5 Å². The molecule has 2 aromatic rings. The van der Waals surface area contributed by atoms with Crippen molar-refractivity contribution >= 4 is 11.9 Å². The van der Waals surface area contributed by atoms with E-state index in [0.717, 1.165) is 24.3 Å². The molecule has 0 spiro atoms. The van der Waals surface area contributed by atoms with Gasteiger partial charge in [-0.15, -0.1) is 0 Å². The number of ether oxygens (including phenoxy) is 1. The van der Waals surface area contributed by atoms with Crippen LogP contribution in [0.25, 0.3) is 0 Å². The number of hydrogen-bond acceptors (Lipinski definition) is 5. The molecule has 3 rings (SSSR count). The van der Waals surface area contributed by atoms with E-state index in [4.69, 9.17) is 16.2 Å². The van der Waals surface area contributed by atoms with Crippen LogP contribution in [0.1, 0.15) is 46.8 Å². The van der Waals surface area contributed by atoms with Crippen LogP contribution in [0, 0.1) is 5.82 Å². The number of rotatable bonds is 6. The maximum atomic E-state index is 13.2. The standard InChI is InChI=1S/C23H27F4N5O2/c24-17-7-3-14(4-8-17)19(28)13-20(29)31-22(30-18-9-11-34-12-10-18)32-21(33)15-1-5-16(6-2-15)23(25,26)27/h1-8,18-20H,9-13,28-29H2,(H2,30,31,32,33). The molecule has 1 amide bonds. The molecular formula is C23H27F4N5O2. The normalized spacial score (nSPS) is 17.2. The summed E-state index contributed by atoms with van der Waals surface area (Å²) in [6.07, 6.45) is -3.68. The van der Waals surface area contributed by atoms with Crippen LogP contribution in [-0.4, -0.2) is 37.3 Å². The first-order chi connectivity index (χ1) is 16.1. The van der Waals surface area contributed by atoms with Gasteiger partial charge in [0, 0.05) is 24.8 Å². The van der Waals surface area contributed by atoms with Crippen molar-refractivity contribution in [1.29, 1.82) is 0 Å². The number of amides is 1. The first-order valence-electron chi connectivity index (χ1n) is 10.8. The molecule has 184 valence electrons. The lowest BCUT2D eigenvalue weighted by molar-refractivity contribution is -0.137. The summed E-state index contributed by atoms with van der Waals surface area (Å²) in [7, 11) is 0. The van der Waals surface area contributed by atoms with E-state index in [1.54, 1.807) is 12.1 Å². The molecule has 1 heterocycles. The highest BCUT2D eigenvalue weighted by Crippen LogP contribution is 2.29. The summed E-state index contributed by atoms with van der Waals surface area (Å²) in [4.78, 5) is 17.2. The van der Waals surface area contributed by atoms with E-state index in [2.05, 4.69) is 15.6 Å². The predicted octanol–water partition coefficient (Wildman–Crippen LogP) is 3.07. The third-order valence-corrected chi connectivity index (χ3v) is 5.34. The topological polar surface area (TPSA) is 115 Å². The minimum atomic E-state index is -4.50. The molecule has 2 atom stereocenters. The second-order valence-electron chi connectivity index (χ2n) is 8.00. The van der Waals surface area contributed by atoms with Crippen molar-refractivity contribution in [2.45, 2.75) is 43.7 Å². The Morgan fingerprint density at radius 2 is 1.68 bits per heavy atom. The Labute approximate surface area is 194 Å². The van der Waals surface area contributed by atoms with Gasteiger partial charge in [-0.2, -0.15) is 13.2 Å². The molecule has 1 aliphatic rings. The molecule has 34 heavy (non-hydrogen) atoms. The average molecular weight is 481 g/mol. The summed E-state index contributed by atoms with van der Waals surface area (Å²) in [5.74, 6) is -0.923. The van der Waals surface area contributed by atoms with E-state index >= 15 is 0 Å². The Bertz CT molecular complexity index is 974. The van der Waals surface area contributed by atoms with E-state index in [0.29, 0.717) is 31.6 Å². The summed E-state index contributed by atoms with van der Waals surface area (Å²) < 4.78 is 56.9. The molecule has 0 radical (unpaired) electrons. The summed E-state index contributed by atoms with van der Waals surface area (Å²) in [6, 6.07) is 8.97. The van der Waals surface area contributed by atoms with Gasteiger partial charge in [-0.05, 0) is 61.2 Å². The van der Waals surface area contributed by atoms with Crippen LogP contribution in [0.2, 0.25) is 0 Å². The first kappa shape index (κ1) is 25.6. The van der Waals surface area contributed by atoms with E-state index in [1.807, 2.05) is 0 Å². The van der Waals surface area contributed by atoms with Crippen molar-refractivity contribution in [2.75, 3.05) is 13.2 Å². The van der Waals surface area contributed by atoms with Crippen LogP contribution in [0.3, 0.4) is 0 Å². The van der Waals surface area contributed by atoms with Gasteiger partial charge in [-0.25, -0.2) is 9.38 Å². The lowest BCUT2D eigenvalue weighted by Crippen LogP contribution is -2.51. The van der Waals surface area contributed by atoms with Gasteiger partial charge in [-0.1, -0.05) is 12.1 Å². The summed E-state index contributed by atoms with van der Waals surface area (Å²) in [6.45, 7) is 1.05. The number of carbonyl (C=O) groups excluding carboxylic acids is 1. The van der Waals surface area contributed by atoms with E-state index in [-0.39, 0.29) is 29.8 Å². The minimum Gasteiger partial charge on any atom is -0.381 e. The second-order valence-corrected chi connectivity index (χ2v) is 8.00. The van der Waals surface area contributed by atoms with Gasteiger partial charge in [-0.3, -0.25) is 10.1 Å². The van der Waals surface area contributed by atoms with Crippen molar-refractivity contribution in [3.63, 3.8) is 0 Å². The number of carbonyl (C=O) groups is 1. The molecule has 1 aliphatic heterocycles. The van der Waals surface area contributed by atoms with Crippen molar-refractivity contribution < 1.29 is 27.1 Å². The van der Waals surface area contributed by atoms with Crippen LogP contribution in [0.15, 0.2) is 53.5 Å². The number of nitrogens with one attached hydrogen (secondary N) is 2. The fraction of sp³-hybridized carbons (Fsp3) is 0.391. The van der Waals surface area contributed by atoms with Gasteiger partial charge < -0.3 is 21.5 Å². The second kappa shape index (κ2) is 11.4. The molecule has 11 heteroatoms. The van der Waals surface area contributed by atoms with E-state index < -0.39 is 29.9 Å². The van der Waals surface area contributed by atoms with Crippen LogP contribution in [0.5, 0.6) is 0 Å². The maximum absolute atomic E-state index is 13.2. The lowest BCUT2D eigenvalue weighted by atomic mass is 10.0. The van der Waals surface area contributed by atoms with Crippen molar-refractivity contribution in [3.05, 3.63) is 71.0 Å². The zero-order valence-electron chi connectivity index (χ0n) is 18.3. The molecular weight excluding hydrogens is 454 g/mol. The Morgan fingerprint density at radius 3 is 2.26 bits per heavy atom. The van der Waals surface area contributed by atoms with Gasteiger partial charge in [0.2, 0.25) is 0 Å². The number of nitrogens with zero attached hydrogens (tertiary/aromatic N) is 1. The molecule has 2 unspecified atom stereocenters. The molecule has 0 bridgehead atoms. The van der Waals surface area contributed by atoms with Crippen molar-refractivity contribution in [1.82, 2.24) is 10.6 Å². The molecule has 0 aromatic heterocycles. The van der Waals surface area contributed by atoms with Gasteiger partial charge in [0.15, 0.2) is 5.96 Å². The van der Waals surface area contributed by atoms with Gasteiger partial charge in [0.1, 0.15) is 5.82 Å². The number of guanidine groups is 1. The van der Waals surface area contributed by atoms with Gasteiger partial charge in [0.05, 0.1) is 17.8 Å². The first-order valence-corrected chi connectivity index (χ1v) is 10.8. The summed E-state index contributed by atoms with van der Waals surface area (Å²) in [5, 5.41) is 5.53. The molecule has 7 nitrogen and oxygen atoms in total. The number of aliphatic imine (C=N–C) groups is 1. The molecule has 2 aromatic carbocycles. The highest BCUT2D eigenvalue weighted by molar-refractivity contribution is 6.05. The molecule has 1 saturated heterocycles. The van der Waals surface area contributed by atoms with Crippen molar-refractivity contribution in [3.8, 4) is 0 Å². The number of benzene rings is 2. The highest BCUT2D eigenvalue weighted by Gasteiger charge is 2.30. The Morgan fingerprint density at radius 1 is 1.06 bits per heavy atom. The smallest absolute Gasteiger partial charge is 0.381 e. The zero-order valence-corrected chi connectivity index (χ0v) is 18.3. The zero-order chi connectivity index (χ0) is 24.7. The quantitative estimate of drug-likeness (QED) is 0.219. The Kier molecular flexibility index (Phi) is 8.59. The SMILES string of the molecule is NC(CC(N)c1ccc(F)cc1)NC(=NC1CCOCC1)NC(=O)c1ccc(C(F)(F)F)cc1. The third-order valence-electron chi connectivity index (χ3n) is 5.34. The fourth-order valence-corrected chi connectivity index (χ4v) is 3.45. The third kappa shape index (κ3) is 7.51. The fourth-order valence-electron chi connectivity index (χ4n) is 3.45. The van der Waals surface area contributed by atoms with E-state index in [9.17, 15) is 22.4 Å². The molecule has 0 aliphatic carbocycles. The molecule has 1 fully saturated rings. The van der Waals surface area contributed by atoms with Crippen LogP contribution >= 0.6 is 0 Å². The minimum absolute atomic E-state index is 0.0334. The average Bonchev–Trinajstić information content (AvgIpc) is 2.79. The highest BCUT2D eigenvalue weighted by atomic mass is 19.4. The monoisotopic (exact) mass is 481 g/mol. The molecule has 6 N–H and O–H groups in total. The summed E-state index contributed by atoms with van der Waals surface area (Å²) >= 11 is 0. The van der Waals surface area contributed by atoms with Gasteiger partial charge >= 0.3 is 6.18 Å². The van der Waals surface area contributed by atoms with Crippen LogP contribution in [-0.2, 0) is 10.9 Å². The number of nitrogens with two attached hydrogens (primary N) is 2. The summed E-state index contributed by atoms with van der Waals surface area (Å²) in [5.41, 5.74) is 12.2. The Hall–Kier alpha value is -3.02. The van der Waals surface area contributed by atoms with Gasteiger partial charge in [0.25, 0.3) is 5.91 Å². The maximum Gasteiger partial charge on any atom is 0.416 e. The number of halogens is 4.